The van der Waals surface area contributed by atoms with Gasteiger partial charge < -0.3 is 24.4 Å². The molecule has 1 aliphatic carbocycles. The number of likely N-dealkylation sites (N-methyl/N-ethyl adjacent to an activating group) is 1. The fourth-order valence-electron chi connectivity index (χ4n) is 9.08. The lowest BCUT2D eigenvalue weighted by molar-refractivity contribution is -0.134. The number of rotatable bonds is 9. The summed E-state index contributed by atoms with van der Waals surface area (Å²) < 4.78 is 41.3. The first kappa shape index (κ1) is 32.3. The van der Waals surface area contributed by atoms with Gasteiger partial charge in [-0.1, -0.05) is 24.3 Å². The van der Waals surface area contributed by atoms with E-state index in [1.54, 1.807) is 19.1 Å². The van der Waals surface area contributed by atoms with Gasteiger partial charge in [0.1, 0.15) is 17.9 Å². The summed E-state index contributed by atoms with van der Waals surface area (Å²) in [5, 5.41) is 16.7. The van der Waals surface area contributed by atoms with Gasteiger partial charge in [0.25, 0.3) is 0 Å². The predicted octanol–water partition coefficient (Wildman–Crippen LogP) is 7.09. The molecular weight excluding hydrogens is 646 g/mol. The first-order valence-corrected chi connectivity index (χ1v) is 18.4. The van der Waals surface area contributed by atoms with Crippen molar-refractivity contribution in [2.75, 3.05) is 39.8 Å². The third-order valence-electron chi connectivity index (χ3n) is 12.1. The molecule has 4 aliphatic heterocycles. The van der Waals surface area contributed by atoms with Crippen molar-refractivity contribution >= 4 is 38.5 Å². The van der Waals surface area contributed by atoms with Crippen LogP contribution in [0.3, 0.4) is 0 Å². The van der Waals surface area contributed by atoms with Gasteiger partial charge in [-0.3, -0.25) is 4.79 Å². The van der Waals surface area contributed by atoms with Crippen molar-refractivity contribution in [2.24, 2.45) is 5.92 Å². The SMILES string of the molecule is CC(C#N)c1cc2c(nc(OC[C@@H]3CCCN3C)c3cc(CCC(=O)N4CCC4)n(C4C5CNC4C5)c32)c(F)c1-c1cccc2ccc(F)cc12. The van der Waals surface area contributed by atoms with Gasteiger partial charge in [0.05, 0.1) is 28.9 Å². The second kappa shape index (κ2) is 12.6. The van der Waals surface area contributed by atoms with Gasteiger partial charge in [-0.15, -0.1) is 0 Å². The number of ether oxygens (including phenoxy) is 1. The van der Waals surface area contributed by atoms with Crippen molar-refractivity contribution < 1.29 is 18.3 Å². The minimum absolute atomic E-state index is 0.150. The molecule has 6 heterocycles. The van der Waals surface area contributed by atoms with Crippen LogP contribution in [0, 0.1) is 28.9 Å². The van der Waals surface area contributed by atoms with Crippen LogP contribution in [0.25, 0.3) is 43.7 Å². The van der Waals surface area contributed by atoms with E-state index in [-0.39, 0.29) is 35.1 Å². The van der Waals surface area contributed by atoms with Crippen molar-refractivity contribution in [1.82, 2.24) is 24.7 Å². The summed E-state index contributed by atoms with van der Waals surface area (Å²) in [6.45, 7) is 5.74. The van der Waals surface area contributed by atoms with Crippen LogP contribution in [-0.2, 0) is 11.2 Å². The van der Waals surface area contributed by atoms with Gasteiger partial charge in [-0.2, -0.15) is 5.26 Å². The molecule has 5 fully saturated rings. The van der Waals surface area contributed by atoms with Gasteiger partial charge in [-0.25, -0.2) is 13.8 Å². The minimum atomic E-state index is -0.662. The number of hydrogen-bond donors (Lipinski definition) is 1. The van der Waals surface area contributed by atoms with E-state index in [1.807, 2.05) is 23.1 Å². The van der Waals surface area contributed by atoms with Gasteiger partial charge in [0.15, 0.2) is 5.82 Å². The zero-order valence-corrected chi connectivity index (χ0v) is 29.1. The Morgan fingerprint density at radius 2 is 1.96 bits per heavy atom. The van der Waals surface area contributed by atoms with Crippen molar-refractivity contribution in [3.05, 3.63) is 71.4 Å². The van der Waals surface area contributed by atoms with E-state index in [0.717, 1.165) is 73.8 Å². The van der Waals surface area contributed by atoms with Crippen LogP contribution >= 0.6 is 0 Å². The normalized spacial score (nSPS) is 23.5. The first-order valence-electron chi connectivity index (χ1n) is 18.4. The van der Waals surface area contributed by atoms with E-state index >= 15 is 4.39 Å². The Bertz CT molecular complexity index is 2240. The number of carbonyl (C=O) groups is 1. The molecule has 5 aromatic rings. The van der Waals surface area contributed by atoms with E-state index < -0.39 is 17.6 Å². The molecular formula is C41H42F2N6O2. The molecule has 262 valence electrons. The average Bonchev–Trinajstić information content (AvgIpc) is 3.91. The highest BCUT2D eigenvalue weighted by molar-refractivity contribution is 6.10. The van der Waals surface area contributed by atoms with Crippen LogP contribution in [0.2, 0.25) is 0 Å². The molecule has 0 radical (unpaired) electrons. The fraction of sp³-hybridized carbons (Fsp3) is 0.439. The number of amides is 1. The lowest BCUT2D eigenvalue weighted by Crippen LogP contribution is -2.42. The van der Waals surface area contributed by atoms with E-state index in [0.29, 0.717) is 53.1 Å². The molecule has 2 bridgehead atoms. The standard InChI is InChI=1S/C41H42F2N6O2/c1-23(20-44)30-19-32-38(37(43)36(30)29-8-3-6-24-9-10-26(42)17-31(24)29)46-41(51-22-28-7-4-13-47(28)2)33-18-27(11-12-35(50)48-14-5-15-48)49(40(32)33)39-25-16-34(39)45-21-25/h3,6,8-10,17-19,23,25,28,34,39,45H,4-5,7,11-16,21-22H2,1-2H3/t23?,25?,28-,34?,39?/m0/s1. The summed E-state index contributed by atoms with van der Waals surface area (Å²) in [4.78, 5) is 22.3. The summed E-state index contributed by atoms with van der Waals surface area (Å²) in [6, 6.07) is 17.1. The third-order valence-corrected chi connectivity index (χ3v) is 12.1. The molecule has 4 unspecified atom stereocenters. The number of hydrogen-bond acceptors (Lipinski definition) is 6. The number of halogens is 2. The van der Waals surface area contributed by atoms with Crippen LogP contribution in [-0.4, -0.2) is 77.2 Å². The maximum Gasteiger partial charge on any atom is 0.223 e. The predicted molar refractivity (Wildman–Crippen MR) is 194 cm³/mol. The lowest BCUT2D eigenvalue weighted by Gasteiger charge is -2.38. The molecule has 0 spiro atoms. The number of pyridine rings is 1. The summed E-state index contributed by atoms with van der Waals surface area (Å²) >= 11 is 0. The Labute approximate surface area is 296 Å². The monoisotopic (exact) mass is 688 g/mol. The number of nitriles is 1. The molecule has 8 nitrogen and oxygen atoms in total. The minimum Gasteiger partial charge on any atom is -0.476 e. The van der Waals surface area contributed by atoms with Crippen LogP contribution in [0.15, 0.2) is 48.5 Å². The summed E-state index contributed by atoms with van der Waals surface area (Å²) in [7, 11) is 2.10. The summed E-state index contributed by atoms with van der Waals surface area (Å²) in [5.74, 6) is -0.680. The summed E-state index contributed by atoms with van der Waals surface area (Å²) in [6.07, 6.45) is 5.17. The number of aryl methyl sites for hydroxylation is 1. The van der Waals surface area contributed by atoms with E-state index in [1.165, 1.54) is 12.1 Å². The number of fused-ring (bicyclic) bond motifs is 5. The Balaban J connectivity index is 1.30. The lowest BCUT2D eigenvalue weighted by atomic mass is 9.79. The van der Waals surface area contributed by atoms with E-state index in [2.05, 4.69) is 34.0 Å². The number of nitrogens with one attached hydrogen (secondary N) is 1. The van der Waals surface area contributed by atoms with E-state index in [9.17, 15) is 14.4 Å². The molecule has 1 saturated carbocycles. The molecule has 1 amide bonds. The van der Waals surface area contributed by atoms with Crippen LogP contribution in [0.4, 0.5) is 8.78 Å². The number of nitrogens with zero attached hydrogens (tertiary/aromatic N) is 5. The first-order chi connectivity index (χ1) is 24.8. The molecule has 10 rings (SSSR count). The van der Waals surface area contributed by atoms with Crippen LogP contribution in [0.1, 0.15) is 62.2 Å². The Kier molecular flexibility index (Phi) is 7.97. The van der Waals surface area contributed by atoms with Crippen molar-refractivity contribution in [2.45, 2.75) is 69.5 Å². The third kappa shape index (κ3) is 5.27. The fourth-order valence-corrected chi connectivity index (χ4v) is 9.08. The molecule has 3 aromatic carbocycles. The van der Waals surface area contributed by atoms with E-state index in [4.69, 9.17) is 9.72 Å². The number of aromatic nitrogens is 2. The molecule has 5 atom stereocenters. The summed E-state index contributed by atoms with van der Waals surface area (Å²) in [5.41, 5.74) is 3.32. The van der Waals surface area contributed by atoms with Gasteiger partial charge >= 0.3 is 0 Å². The Morgan fingerprint density at radius 1 is 1.10 bits per heavy atom. The molecule has 5 aliphatic rings. The van der Waals surface area contributed by atoms with Gasteiger partial charge in [0, 0.05) is 54.8 Å². The molecule has 4 saturated heterocycles. The highest BCUT2D eigenvalue weighted by Gasteiger charge is 2.49. The van der Waals surface area contributed by atoms with Crippen molar-refractivity contribution in [3.8, 4) is 23.1 Å². The number of benzene rings is 3. The van der Waals surface area contributed by atoms with Gasteiger partial charge in [0.2, 0.25) is 11.8 Å². The van der Waals surface area contributed by atoms with Crippen molar-refractivity contribution in [1.29, 1.82) is 5.26 Å². The number of carbonyl (C=O) groups excluding carboxylic acids is 1. The van der Waals surface area contributed by atoms with Crippen LogP contribution in [0.5, 0.6) is 5.88 Å². The zero-order valence-electron chi connectivity index (χ0n) is 29.1. The topological polar surface area (TPSA) is 86.4 Å². The molecule has 51 heavy (non-hydrogen) atoms. The number of likely N-dealkylation sites (tertiary alicyclic amines) is 2. The largest absolute Gasteiger partial charge is 0.476 e. The quantitative estimate of drug-likeness (QED) is 0.178. The average molecular weight is 689 g/mol. The molecule has 1 N–H and O–H groups in total. The second-order valence-electron chi connectivity index (χ2n) is 15.1. The van der Waals surface area contributed by atoms with Crippen molar-refractivity contribution in [3.63, 3.8) is 0 Å². The molecule has 10 heteroatoms. The van der Waals surface area contributed by atoms with Crippen LogP contribution < -0.4 is 10.1 Å². The maximum atomic E-state index is 17.6. The smallest absolute Gasteiger partial charge is 0.223 e. The molecule has 2 aromatic heterocycles. The Hall–Kier alpha value is -4.59. The second-order valence-corrected chi connectivity index (χ2v) is 15.1. The maximum absolute atomic E-state index is 17.6. The highest BCUT2D eigenvalue weighted by Crippen LogP contribution is 2.49. The van der Waals surface area contributed by atoms with Gasteiger partial charge in [-0.05, 0) is 105 Å². The zero-order chi connectivity index (χ0) is 35.0. The highest BCUT2D eigenvalue weighted by atomic mass is 19.1. The Morgan fingerprint density at radius 3 is 2.67 bits per heavy atom.